The lowest BCUT2D eigenvalue weighted by Gasteiger charge is -2.11. The largest absolute Gasteiger partial charge is 0.495 e. The van der Waals surface area contributed by atoms with E-state index < -0.39 is 17.6 Å². The molecule has 0 saturated carbocycles. The predicted molar refractivity (Wildman–Crippen MR) is 51.9 cm³/mol. The fourth-order valence-electron chi connectivity index (χ4n) is 1.20. The van der Waals surface area contributed by atoms with E-state index in [1.807, 2.05) is 0 Å². The molecule has 0 fully saturated rings. The zero-order valence-electron chi connectivity index (χ0n) is 8.14. The Morgan fingerprint density at radius 3 is 2.60 bits per heavy atom. The van der Waals surface area contributed by atoms with Crippen LogP contribution in [0.4, 0.5) is 8.78 Å². The zero-order valence-corrected chi connectivity index (χ0v) is 8.90. The highest BCUT2D eigenvalue weighted by atomic mass is 35.5. The van der Waals surface area contributed by atoms with Gasteiger partial charge in [0.2, 0.25) is 0 Å². The molecule has 15 heavy (non-hydrogen) atoms. The van der Waals surface area contributed by atoms with Gasteiger partial charge in [0.15, 0.2) is 5.82 Å². The second-order valence-electron chi connectivity index (χ2n) is 2.95. The van der Waals surface area contributed by atoms with Gasteiger partial charge < -0.3 is 4.74 Å². The van der Waals surface area contributed by atoms with E-state index in [1.165, 1.54) is 14.0 Å². The Kier molecular flexibility index (Phi) is 3.48. The minimum atomic E-state index is -0.942. The van der Waals surface area contributed by atoms with Gasteiger partial charge in [-0.15, -0.1) is 0 Å². The van der Waals surface area contributed by atoms with E-state index in [0.29, 0.717) is 0 Å². The molecule has 0 heterocycles. The van der Waals surface area contributed by atoms with Crippen LogP contribution < -0.4 is 4.74 Å². The summed E-state index contributed by atoms with van der Waals surface area (Å²) in [5, 5.41) is 8.29. The van der Waals surface area contributed by atoms with Gasteiger partial charge in [-0.05, 0) is 6.92 Å². The van der Waals surface area contributed by atoms with Gasteiger partial charge in [0.05, 0.1) is 19.1 Å². The van der Waals surface area contributed by atoms with E-state index in [2.05, 4.69) is 4.74 Å². The lowest BCUT2D eigenvalue weighted by Crippen LogP contribution is -2.02. The first-order chi connectivity index (χ1) is 7.02. The Bertz CT molecular complexity index is 428. The number of methoxy groups -OCH3 is 1. The van der Waals surface area contributed by atoms with Crippen molar-refractivity contribution in [1.82, 2.24) is 0 Å². The van der Waals surface area contributed by atoms with E-state index in [0.717, 1.165) is 6.07 Å². The monoisotopic (exact) mass is 231 g/mol. The second kappa shape index (κ2) is 4.45. The number of benzene rings is 1. The highest BCUT2D eigenvalue weighted by Crippen LogP contribution is 2.34. The number of rotatable bonds is 2. The third-order valence-corrected chi connectivity index (χ3v) is 2.36. The van der Waals surface area contributed by atoms with E-state index in [1.54, 1.807) is 6.07 Å². The lowest BCUT2D eigenvalue weighted by molar-refractivity contribution is 0.405. The van der Waals surface area contributed by atoms with Crippen molar-refractivity contribution in [2.24, 2.45) is 0 Å². The lowest BCUT2D eigenvalue weighted by atomic mass is 10.0. The van der Waals surface area contributed by atoms with Crippen LogP contribution in [0.2, 0.25) is 5.02 Å². The van der Waals surface area contributed by atoms with Crippen molar-refractivity contribution in [3.8, 4) is 11.8 Å². The zero-order chi connectivity index (χ0) is 11.6. The Morgan fingerprint density at radius 1 is 1.53 bits per heavy atom. The van der Waals surface area contributed by atoms with E-state index in [9.17, 15) is 8.78 Å². The summed E-state index contributed by atoms with van der Waals surface area (Å²) in [6.07, 6.45) is 0. The number of ether oxygens (including phenoxy) is 1. The van der Waals surface area contributed by atoms with Crippen LogP contribution >= 0.6 is 11.6 Å². The van der Waals surface area contributed by atoms with Gasteiger partial charge in [0.1, 0.15) is 16.6 Å². The van der Waals surface area contributed by atoms with Gasteiger partial charge >= 0.3 is 0 Å². The molecule has 0 aliphatic rings. The molecule has 0 aliphatic heterocycles. The third-order valence-electron chi connectivity index (χ3n) is 2.01. The van der Waals surface area contributed by atoms with Gasteiger partial charge in [-0.1, -0.05) is 11.6 Å². The standard InChI is InChI=1S/C10H8ClF2NO/c1-5(4-14)8-6(12)3-7(15-2)9(11)10(8)13/h3,5H,1-2H3. The van der Waals surface area contributed by atoms with Crippen molar-refractivity contribution in [3.63, 3.8) is 0 Å². The maximum Gasteiger partial charge on any atom is 0.153 e. The molecule has 2 nitrogen and oxygen atoms in total. The number of nitrogens with zero attached hydrogens (tertiary/aromatic N) is 1. The van der Waals surface area contributed by atoms with Crippen LogP contribution in [-0.4, -0.2) is 7.11 Å². The van der Waals surface area contributed by atoms with Crippen molar-refractivity contribution in [2.75, 3.05) is 7.11 Å². The van der Waals surface area contributed by atoms with Crippen LogP contribution in [-0.2, 0) is 0 Å². The van der Waals surface area contributed by atoms with Gasteiger partial charge in [-0.25, -0.2) is 8.78 Å². The molecule has 0 aliphatic carbocycles. The molecule has 0 saturated heterocycles. The third kappa shape index (κ3) is 2.02. The number of hydrogen-bond donors (Lipinski definition) is 0. The first-order valence-corrected chi connectivity index (χ1v) is 4.51. The van der Waals surface area contributed by atoms with E-state index >= 15 is 0 Å². The Hall–Kier alpha value is -1.34. The van der Waals surface area contributed by atoms with E-state index in [4.69, 9.17) is 16.9 Å². The highest BCUT2D eigenvalue weighted by Gasteiger charge is 2.21. The summed E-state index contributed by atoms with van der Waals surface area (Å²) in [7, 11) is 1.26. The van der Waals surface area contributed by atoms with Crippen molar-refractivity contribution in [1.29, 1.82) is 5.26 Å². The molecule has 1 atom stereocenters. The molecule has 0 spiro atoms. The average molecular weight is 232 g/mol. The highest BCUT2D eigenvalue weighted by molar-refractivity contribution is 6.32. The van der Waals surface area contributed by atoms with E-state index in [-0.39, 0.29) is 16.3 Å². The van der Waals surface area contributed by atoms with Crippen molar-refractivity contribution >= 4 is 11.6 Å². The molecule has 1 rings (SSSR count). The van der Waals surface area contributed by atoms with Gasteiger partial charge in [0.25, 0.3) is 0 Å². The number of hydrogen-bond acceptors (Lipinski definition) is 2. The van der Waals surface area contributed by atoms with Gasteiger partial charge in [-0.2, -0.15) is 5.26 Å². The van der Waals surface area contributed by atoms with Crippen molar-refractivity contribution < 1.29 is 13.5 Å². The SMILES string of the molecule is COc1cc(F)c(C(C)C#N)c(F)c1Cl. The molecule has 1 unspecified atom stereocenters. The first kappa shape index (κ1) is 11.7. The summed E-state index contributed by atoms with van der Waals surface area (Å²) in [4.78, 5) is 0. The Labute approximate surface area is 91.0 Å². The summed E-state index contributed by atoms with van der Waals surface area (Å²) in [5.41, 5.74) is -0.330. The Morgan fingerprint density at radius 2 is 2.13 bits per heavy atom. The molecular formula is C10H8ClF2NO. The molecule has 0 radical (unpaired) electrons. The van der Waals surface area contributed by atoms with Crippen LogP contribution in [0.1, 0.15) is 18.4 Å². The molecule has 1 aromatic carbocycles. The molecule has 5 heteroatoms. The molecule has 0 bridgehead atoms. The maximum atomic E-state index is 13.5. The fraction of sp³-hybridized carbons (Fsp3) is 0.300. The number of halogens is 3. The molecule has 0 N–H and O–H groups in total. The van der Waals surface area contributed by atoms with Crippen LogP contribution in [0.3, 0.4) is 0 Å². The fourth-order valence-corrected chi connectivity index (χ4v) is 1.43. The molecule has 0 aromatic heterocycles. The van der Waals surface area contributed by atoms with Crippen LogP contribution in [0.25, 0.3) is 0 Å². The first-order valence-electron chi connectivity index (χ1n) is 4.13. The predicted octanol–water partition coefficient (Wildman–Crippen LogP) is 3.25. The molecular weight excluding hydrogens is 224 g/mol. The van der Waals surface area contributed by atoms with Gasteiger partial charge in [0, 0.05) is 11.6 Å². The molecule has 1 aromatic rings. The maximum absolute atomic E-state index is 13.5. The van der Waals surface area contributed by atoms with Crippen LogP contribution in [0, 0.1) is 23.0 Å². The smallest absolute Gasteiger partial charge is 0.153 e. The van der Waals surface area contributed by atoms with Gasteiger partial charge in [-0.3, -0.25) is 0 Å². The summed E-state index contributed by atoms with van der Waals surface area (Å²) in [5.74, 6) is -2.75. The summed E-state index contributed by atoms with van der Waals surface area (Å²) in [6.45, 7) is 1.39. The quantitative estimate of drug-likeness (QED) is 0.732. The van der Waals surface area contributed by atoms with Crippen molar-refractivity contribution in [2.45, 2.75) is 12.8 Å². The van der Waals surface area contributed by atoms with Crippen molar-refractivity contribution in [3.05, 3.63) is 28.3 Å². The van der Waals surface area contributed by atoms with Crippen LogP contribution in [0.15, 0.2) is 6.07 Å². The Balaban J connectivity index is 3.44. The summed E-state index contributed by atoms with van der Waals surface area (Å²) < 4.78 is 31.6. The topological polar surface area (TPSA) is 33.0 Å². The normalized spacial score (nSPS) is 12.0. The minimum Gasteiger partial charge on any atom is -0.495 e. The molecule has 0 amide bonds. The van der Waals surface area contributed by atoms with Crippen LogP contribution in [0.5, 0.6) is 5.75 Å². The average Bonchev–Trinajstić information content (AvgIpc) is 2.23. The number of nitriles is 1. The minimum absolute atomic E-state index is 0.0828. The molecule has 80 valence electrons. The second-order valence-corrected chi connectivity index (χ2v) is 3.33. The summed E-state index contributed by atoms with van der Waals surface area (Å²) in [6, 6.07) is 2.71. The summed E-state index contributed by atoms with van der Waals surface area (Å²) >= 11 is 5.60.